The molecule has 126 valence electrons. The first-order valence-corrected chi connectivity index (χ1v) is 7.18. The number of nitro benzene ring substituents is 1. The molecule has 0 radical (unpaired) electrons. The lowest BCUT2D eigenvalue weighted by Crippen LogP contribution is -2.30. The summed E-state index contributed by atoms with van der Waals surface area (Å²) in [5, 5.41) is 22.1. The zero-order valence-electron chi connectivity index (χ0n) is 13.1. The number of nitrogens with zero attached hydrogens (tertiary/aromatic N) is 2. The second kappa shape index (κ2) is 7.70. The number of amides is 1. The molecular weight excluding hydrogens is 326 g/mol. The molecule has 0 heterocycles. The average molecular weight is 339 g/mol. The SMILES string of the molecule is C[C@H](OC(=O)c1ccc([N+](=O)[O-])cc1)C(=O)Nc1ccccc1C#N. The topological polar surface area (TPSA) is 122 Å². The van der Waals surface area contributed by atoms with Gasteiger partial charge in [0.05, 0.1) is 21.7 Å². The zero-order valence-corrected chi connectivity index (χ0v) is 13.1. The fourth-order valence-corrected chi connectivity index (χ4v) is 1.93. The van der Waals surface area contributed by atoms with Crippen molar-refractivity contribution in [2.24, 2.45) is 0 Å². The van der Waals surface area contributed by atoms with E-state index in [-0.39, 0.29) is 16.8 Å². The molecule has 8 nitrogen and oxygen atoms in total. The Morgan fingerprint density at radius 1 is 1.20 bits per heavy atom. The molecule has 0 unspecified atom stereocenters. The minimum atomic E-state index is -1.12. The number of hydrogen-bond donors (Lipinski definition) is 1. The number of ether oxygens (including phenoxy) is 1. The molecule has 0 spiro atoms. The van der Waals surface area contributed by atoms with Crippen molar-refractivity contribution in [3.05, 3.63) is 69.8 Å². The second-order valence-corrected chi connectivity index (χ2v) is 5.00. The van der Waals surface area contributed by atoms with E-state index in [4.69, 9.17) is 10.00 Å². The van der Waals surface area contributed by atoms with Gasteiger partial charge >= 0.3 is 5.97 Å². The number of para-hydroxylation sites is 1. The van der Waals surface area contributed by atoms with Gasteiger partial charge < -0.3 is 10.1 Å². The quantitative estimate of drug-likeness (QED) is 0.507. The van der Waals surface area contributed by atoms with Crippen LogP contribution in [0.15, 0.2) is 48.5 Å². The van der Waals surface area contributed by atoms with Crippen molar-refractivity contribution in [1.29, 1.82) is 5.26 Å². The van der Waals surface area contributed by atoms with Crippen LogP contribution in [0.25, 0.3) is 0 Å². The Bertz CT molecular complexity index is 855. The van der Waals surface area contributed by atoms with Crippen molar-refractivity contribution >= 4 is 23.3 Å². The smallest absolute Gasteiger partial charge is 0.338 e. The predicted molar refractivity (Wildman–Crippen MR) is 87.8 cm³/mol. The van der Waals surface area contributed by atoms with Crippen molar-refractivity contribution in [1.82, 2.24) is 0 Å². The van der Waals surface area contributed by atoms with Crippen LogP contribution in [0.5, 0.6) is 0 Å². The highest BCUT2D eigenvalue weighted by Gasteiger charge is 2.20. The summed E-state index contributed by atoms with van der Waals surface area (Å²) in [4.78, 5) is 34.1. The highest BCUT2D eigenvalue weighted by atomic mass is 16.6. The first-order chi connectivity index (χ1) is 11.9. The van der Waals surface area contributed by atoms with Gasteiger partial charge in [-0.15, -0.1) is 0 Å². The van der Waals surface area contributed by atoms with Gasteiger partial charge in [0.15, 0.2) is 6.10 Å². The molecule has 1 atom stereocenters. The van der Waals surface area contributed by atoms with Gasteiger partial charge in [0, 0.05) is 12.1 Å². The van der Waals surface area contributed by atoms with Crippen LogP contribution in [-0.4, -0.2) is 22.9 Å². The number of nitriles is 1. The normalized spacial score (nSPS) is 11.0. The van der Waals surface area contributed by atoms with E-state index in [0.29, 0.717) is 5.69 Å². The first kappa shape index (κ1) is 17.6. The fourth-order valence-electron chi connectivity index (χ4n) is 1.93. The molecule has 0 aromatic heterocycles. The van der Waals surface area contributed by atoms with E-state index in [9.17, 15) is 19.7 Å². The molecule has 2 rings (SSSR count). The molecule has 2 aromatic carbocycles. The van der Waals surface area contributed by atoms with Crippen LogP contribution in [0.1, 0.15) is 22.8 Å². The standard InChI is InChI=1S/C17H13N3O5/c1-11(16(21)19-15-5-3-2-4-13(15)10-18)25-17(22)12-6-8-14(9-7-12)20(23)24/h2-9,11H,1H3,(H,19,21)/t11-/m0/s1. The predicted octanol–water partition coefficient (Wildman–Crippen LogP) is 2.65. The summed E-state index contributed by atoms with van der Waals surface area (Å²) in [5.74, 6) is -1.39. The molecule has 0 aliphatic rings. The number of nitro groups is 1. The van der Waals surface area contributed by atoms with E-state index in [1.807, 2.05) is 6.07 Å². The third-order valence-electron chi connectivity index (χ3n) is 3.27. The van der Waals surface area contributed by atoms with E-state index >= 15 is 0 Å². The van der Waals surface area contributed by atoms with Crippen LogP contribution in [0.3, 0.4) is 0 Å². The summed E-state index contributed by atoms with van der Waals surface area (Å²) >= 11 is 0. The maximum atomic E-state index is 12.1. The summed E-state index contributed by atoms with van der Waals surface area (Å²) in [6, 6.07) is 13.2. The Kier molecular flexibility index (Phi) is 5.43. The van der Waals surface area contributed by atoms with Crippen molar-refractivity contribution in [2.45, 2.75) is 13.0 Å². The Morgan fingerprint density at radius 3 is 2.44 bits per heavy atom. The van der Waals surface area contributed by atoms with Crippen LogP contribution in [0.2, 0.25) is 0 Å². The summed E-state index contributed by atoms with van der Waals surface area (Å²) in [6.07, 6.45) is -1.12. The molecule has 2 aromatic rings. The van der Waals surface area contributed by atoms with E-state index in [0.717, 1.165) is 0 Å². The lowest BCUT2D eigenvalue weighted by molar-refractivity contribution is -0.384. The molecule has 1 N–H and O–H groups in total. The molecule has 0 fully saturated rings. The number of carbonyl (C=O) groups excluding carboxylic acids is 2. The van der Waals surface area contributed by atoms with Gasteiger partial charge in [-0.2, -0.15) is 5.26 Å². The molecule has 8 heteroatoms. The highest BCUT2D eigenvalue weighted by molar-refractivity contribution is 5.98. The lowest BCUT2D eigenvalue weighted by Gasteiger charge is -2.14. The minimum Gasteiger partial charge on any atom is -0.449 e. The summed E-state index contributed by atoms with van der Waals surface area (Å²) in [7, 11) is 0. The number of rotatable bonds is 5. The molecule has 1 amide bonds. The zero-order chi connectivity index (χ0) is 18.4. The van der Waals surface area contributed by atoms with Gasteiger partial charge in [0.2, 0.25) is 0 Å². The van der Waals surface area contributed by atoms with Gasteiger partial charge in [-0.05, 0) is 31.2 Å². The molecule has 0 bridgehead atoms. The van der Waals surface area contributed by atoms with E-state index in [1.54, 1.807) is 24.3 Å². The number of carbonyl (C=O) groups is 2. The van der Waals surface area contributed by atoms with Gasteiger partial charge in [-0.1, -0.05) is 12.1 Å². The number of non-ortho nitro benzene ring substituents is 1. The molecule has 0 saturated carbocycles. The van der Waals surface area contributed by atoms with Crippen LogP contribution in [0.4, 0.5) is 11.4 Å². The largest absolute Gasteiger partial charge is 0.449 e. The molecule has 0 aliphatic carbocycles. The third kappa shape index (κ3) is 4.39. The number of hydrogen-bond acceptors (Lipinski definition) is 6. The van der Waals surface area contributed by atoms with Crippen molar-refractivity contribution in [3.8, 4) is 6.07 Å². The van der Waals surface area contributed by atoms with Gasteiger partial charge in [-0.25, -0.2) is 4.79 Å². The van der Waals surface area contributed by atoms with Gasteiger partial charge in [0.25, 0.3) is 11.6 Å². The minimum absolute atomic E-state index is 0.0858. The fraction of sp³-hybridized carbons (Fsp3) is 0.118. The molecule has 25 heavy (non-hydrogen) atoms. The number of anilines is 1. The number of benzene rings is 2. The summed E-state index contributed by atoms with van der Waals surface area (Å²) < 4.78 is 5.04. The summed E-state index contributed by atoms with van der Waals surface area (Å²) in [6.45, 7) is 1.38. The van der Waals surface area contributed by atoms with E-state index < -0.39 is 22.9 Å². The molecule has 0 saturated heterocycles. The molecule has 0 aliphatic heterocycles. The van der Waals surface area contributed by atoms with E-state index in [2.05, 4.69) is 5.32 Å². The summed E-state index contributed by atoms with van der Waals surface area (Å²) in [5.41, 5.74) is 0.524. The first-order valence-electron chi connectivity index (χ1n) is 7.18. The number of nitrogens with one attached hydrogen (secondary N) is 1. The van der Waals surface area contributed by atoms with E-state index in [1.165, 1.54) is 31.2 Å². The van der Waals surface area contributed by atoms with Crippen molar-refractivity contribution in [2.75, 3.05) is 5.32 Å². The monoisotopic (exact) mass is 339 g/mol. The average Bonchev–Trinajstić information content (AvgIpc) is 2.62. The van der Waals surface area contributed by atoms with Crippen LogP contribution >= 0.6 is 0 Å². The lowest BCUT2D eigenvalue weighted by atomic mass is 10.2. The van der Waals surface area contributed by atoms with Crippen molar-refractivity contribution < 1.29 is 19.2 Å². The van der Waals surface area contributed by atoms with Gasteiger partial charge in [0.1, 0.15) is 6.07 Å². The second-order valence-electron chi connectivity index (χ2n) is 5.00. The Labute approximate surface area is 142 Å². The van der Waals surface area contributed by atoms with Crippen LogP contribution in [-0.2, 0) is 9.53 Å². The maximum absolute atomic E-state index is 12.1. The Balaban J connectivity index is 2.02. The highest BCUT2D eigenvalue weighted by Crippen LogP contribution is 2.16. The van der Waals surface area contributed by atoms with Crippen molar-refractivity contribution in [3.63, 3.8) is 0 Å². The van der Waals surface area contributed by atoms with Crippen LogP contribution < -0.4 is 5.32 Å². The Morgan fingerprint density at radius 2 is 1.84 bits per heavy atom. The Hall–Kier alpha value is -3.73. The third-order valence-corrected chi connectivity index (χ3v) is 3.27. The van der Waals surface area contributed by atoms with Gasteiger partial charge in [-0.3, -0.25) is 14.9 Å². The maximum Gasteiger partial charge on any atom is 0.338 e. The number of esters is 1. The molecular formula is C17H13N3O5. The van der Waals surface area contributed by atoms with Crippen LogP contribution in [0, 0.1) is 21.4 Å².